The zero-order valence-electron chi connectivity index (χ0n) is 13.6. The van der Waals surface area contributed by atoms with Gasteiger partial charge in [-0.3, -0.25) is 14.4 Å². The highest BCUT2D eigenvalue weighted by atomic mass is 16.5. The molecule has 0 saturated heterocycles. The lowest BCUT2D eigenvalue weighted by Crippen LogP contribution is -2.34. The molecule has 0 aliphatic rings. The van der Waals surface area contributed by atoms with Crippen LogP contribution in [0.25, 0.3) is 0 Å². The zero-order chi connectivity index (χ0) is 18.2. The predicted molar refractivity (Wildman–Crippen MR) is 90.5 cm³/mol. The van der Waals surface area contributed by atoms with E-state index in [1.165, 1.54) is 25.1 Å². The fourth-order valence-electron chi connectivity index (χ4n) is 2.08. The first-order valence-electron chi connectivity index (χ1n) is 7.60. The summed E-state index contributed by atoms with van der Waals surface area (Å²) in [5, 5.41) is 14.8. The van der Waals surface area contributed by atoms with Crippen LogP contribution in [0.3, 0.4) is 0 Å². The van der Waals surface area contributed by atoms with Crippen LogP contribution in [-0.4, -0.2) is 36.0 Å². The quantitative estimate of drug-likeness (QED) is 0.419. The van der Waals surface area contributed by atoms with E-state index in [1.807, 2.05) is 0 Å². The van der Waals surface area contributed by atoms with Gasteiger partial charge in [-0.1, -0.05) is 18.2 Å². The number of phenols is 1. The molecule has 2 amide bonds. The number of benzene rings is 2. The molecule has 0 aliphatic heterocycles. The number of amides is 2. The number of rotatable bonds is 6. The Hall–Kier alpha value is -3.35. The fourth-order valence-corrected chi connectivity index (χ4v) is 2.08. The summed E-state index contributed by atoms with van der Waals surface area (Å²) in [6.45, 7) is 1.68. The van der Waals surface area contributed by atoms with Crippen molar-refractivity contribution in [3.05, 3.63) is 59.7 Å². The zero-order valence-corrected chi connectivity index (χ0v) is 13.6. The number of carbonyl (C=O) groups is 3. The Morgan fingerprint density at radius 2 is 1.64 bits per heavy atom. The highest BCUT2D eigenvalue weighted by Crippen LogP contribution is 2.15. The standard InChI is InChI=1S/C18H18N2O5/c1-12(21)25-14-6-4-5-13(11-14)17(23)19-9-10-20-18(24)15-7-2-3-8-16(15)22/h2-8,11,22H,9-10H2,1H3,(H,19,23)(H,20,24). The lowest BCUT2D eigenvalue weighted by Gasteiger charge is -2.09. The monoisotopic (exact) mass is 342 g/mol. The fraction of sp³-hybridized carbons (Fsp3) is 0.167. The van der Waals surface area contributed by atoms with Crippen molar-refractivity contribution in [2.45, 2.75) is 6.92 Å². The normalized spacial score (nSPS) is 9.96. The van der Waals surface area contributed by atoms with Crippen LogP contribution in [0.1, 0.15) is 27.6 Å². The summed E-state index contributed by atoms with van der Waals surface area (Å²) in [5.41, 5.74) is 0.508. The Bertz CT molecular complexity index is 789. The highest BCUT2D eigenvalue weighted by Gasteiger charge is 2.10. The van der Waals surface area contributed by atoms with Crippen LogP contribution in [0.5, 0.6) is 11.5 Å². The SMILES string of the molecule is CC(=O)Oc1cccc(C(=O)NCCNC(=O)c2ccccc2O)c1. The van der Waals surface area contributed by atoms with Crippen LogP contribution in [0.15, 0.2) is 48.5 Å². The van der Waals surface area contributed by atoms with Gasteiger partial charge in [0.25, 0.3) is 11.8 Å². The molecule has 2 aromatic rings. The van der Waals surface area contributed by atoms with Crippen molar-refractivity contribution in [1.29, 1.82) is 0 Å². The van der Waals surface area contributed by atoms with Crippen molar-refractivity contribution in [2.75, 3.05) is 13.1 Å². The van der Waals surface area contributed by atoms with Gasteiger partial charge >= 0.3 is 5.97 Å². The van der Waals surface area contributed by atoms with Crippen molar-refractivity contribution in [2.24, 2.45) is 0 Å². The first-order valence-corrected chi connectivity index (χ1v) is 7.60. The summed E-state index contributed by atoms with van der Waals surface area (Å²) in [4.78, 5) is 34.9. The van der Waals surface area contributed by atoms with E-state index in [-0.39, 0.29) is 36.1 Å². The van der Waals surface area contributed by atoms with Crippen LogP contribution in [0, 0.1) is 0 Å². The topological polar surface area (TPSA) is 105 Å². The summed E-state index contributed by atoms with van der Waals surface area (Å²) < 4.78 is 4.92. The Balaban J connectivity index is 1.82. The van der Waals surface area contributed by atoms with E-state index in [4.69, 9.17) is 4.74 Å². The molecule has 0 aromatic heterocycles. The largest absolute Gasteiger partial charge is 0.507 e. The minimum absolute atomic E-state index is 0.105. The van der Waals surface area contributed by atoms with Gasteiger partial charge in [0.05, 0.1) is 5.56 Å². The Morgan fingerprint density at radius 1 is 0.960 bits per heavy atom. The molecule has 0 aliphatic carbocycles. The van der Waals surface area contributed by atoms with Gasteiger partial charge in [0.2, 0.25) is 0 Å². The number of para-hydroxylation sites is 1. The first-order chi connectivity index (χ1) is 12.0. The van der Waals surface area contributed by atoms with Crippen LogP contribution in [-0.2, 0) is 4.79 Å². The van der Waals surface area contributed by atoms with Gasteiger partial charge in [0, 0.05) is 25.6 Å². The number of esters is 1. The third-order valence-electron chi connectivity index (χ3n) is 3.20. The summed E-state index contributed by atoms with van der Waals surface area (Å²) in [5.74, 6) is -1.07. The molecule has 25 heavy (non-hydrogen) atoms. The number of phenolic OH excluding ortho intramolecular Hbond substituents is 1. The van der Waals surface area contributed by atoms with E-state index < -0.39 is 11.9 Å². The number of aromatic hydroxyl groups is 1. The van der Waals surface area contributed by atoms with Gasteiger partial charge in [0.15, 0.2) is 0 Å². The molecule has 0 saturated carbocycles. The van der Waals surface area contributed by atoms with Crippen molar-refractivity contribution in [1.82, 2.24) is 10.6 Å². The van der Waals surface area contributed by atoms with Crippen molar-refractivity contribution < 1.29 is 24.2 Å². The molecule has 7 nitrogen and oxygen atoms in total. The van der Waals surface area contributed by atoms with Gasteiger partial charge in [-0.15, -0.1) is 0 Å². The molecule has 0 atom stereocenters. The molecular weight excluding hydrogens is 324 g/mol. The van der Waals surface area contributed by atoms with Gasteiger partial charge in [-0.05, 0) is 30.3 Å². The molecule has 0 unspecified atom stereocenters. The smallest absolute Gasteiger partial charge is 0.308 e. The number of ether oxygens (including phenoxy) is 1. The molecule has 0 fully saturated rings. The van der Waals surface area contributed by atoms with E-state index >= 15 is 0 Å². The second-order valence-corrected chi connectivity index (χ2v) is 5.15. The average molecular weight is 342 g/mol. The van der Waals surface area contributed by atoms with Crippen molar-refractivity contribution in [3.8, 4) is 11.5 Å². The summed E-state index contributed by atoms with van der Waals surface area (Å²) in [6.07, 6.45) is 0. The van der Waals surface area contributed by atoms with E-state index in [1.54, 1.807) is 30.3 Å². The number of hydrogen-bond acceptors (Lipinski definition) is 5. The summed E-state index contributed by atoms with van der Waals surface area (Å²) in [6, 6.07) is 12.4. The maximum Gasteiger partial charge on any atom is 0.308 e. The lowest BCUT2D eigenvalue weighted by atomic mass is 10.2. The second kappa shape index (κ2) is 8.49. The van der Waals surface area contributed by atoms with Crippen LogP contribution in [0.2, 0.25) is 0 Å². The third-order valence-corrected chi connectivity index (χ3v) is 3.20. The third kappa shape index (κ3) is 5.35. The van der Waals surface area contributed by atoms with E-state index in [0.29, 0.717) is 5.56 Å². The summed E-state index contributed by atoms with van der Waals surface area (Å²) in [7, 11) is 0. The molecule has 0 bridgehead atoms. The molecule has 0 heterocycles. The maximum atomic E-state index is 12.0. The van der Waals surface area contributed by atoms with Gasteiger partial charge in [-0.2, -0.15) is 0 Å². The molecule has 2 aromatic carbocycles. The number of hydrogen-bond donors (Lipinski definition) is 3. The van der Waals surface area contributed by atoms with Gasteiger partial charge < -0.3 is 20.5 Å². The molecular formula is C18H18N2O5. The maximum absolute atomic E-state index is 12.0. The van der Waals surface area contributed by atoms with E-state index in [0.717, 1.165) is 0 Å². The van der Waals surface area contributed by atoms with Crippen LogP contribution >= 0.6 is 0 Å². The van der Waals surface area contributed by atoms with Crippen molar-refractivity contribution >= 4 is 17.8 Å². The molecule has 130 valence electrons. The van der Waals surface area contributed by atoms with Gasteiger partial charge in [-0.25, -0.2) is 0 Å². The van der Waals surface area contributed by atoms with Crippen molar-refractivity contribution in [3.63, 3.8) is 0 Å². The Labute approximate surface area is 144 Å². The Morgan fingerprint density at radius 3 is 2.32 bits per heavy atom. The minimum Gasteiger partial charge on any atom is -0.507 e. The summed E-state index contributed by atoms with van der Waals surface area (Å²) >= 11 is 0. The molecule has 0 spiro atoms. The van der Waals surface area contributed by atoms with E-state index in [9.17, 15) is 19.5 Å². The van der Waals surface area contributed by atoms with Crippen LogP contribution in [0.4, 0.5) is 0 Å². The second-order valence-electron chi connectivity index (χ2n) is 5.15. The average Bonchev–Trinajstić information content (AvgIpc) is 2.58. The lowest BCUT2D eigenvalue weighted by molar-refractivity contribution is -0.131. The highest BCUT2D eigenvalue weighted by molar-refractivity contribution is 5.97. The molecule has 2 rings (SSSR count). The Kier molecular flexibility index (Phi) is 6.11. The molecule has 3 N–H and O–H groups in total. The number of carbonyl (C=O) groups excluding carboxylic acids is 3. The predicted octanol–water partition coefficient (Wildman–Crippen LogP) is 1.48. The first kappa shape index (κ1) is 18.0. The molecule has 7 heteroatoms. The van der Waals surface area contributed by atoms with E-state index in [2.05, 4.69) is 10.6 Å². The van der Waals surface area contributed by atoms with Crippen LogP contribution < -0.4 is 15.4 Å². The molecule has 0 radical (unpaired) electrons. The minimum atomic E-state index is -0.468. The number of nitrogens with one attached hydrogen (secondary N) is 2. The van der Waals surface area contributed by atoms with Gasteiger partial charge in [0.1, 0.15) is 11.5 Å².